The van der Waals surface area contributed by atoms with E-state index in [9.17, 15) is 0 Å². The van der Waals surface area contributed by atoms with Gasteiger partial charge in [-0.15, -0.1) is 0 Å². The first-order chi connectivity index (χ1) is 11.7. The van der Waals surface area contributed by atoms with Crippen molar-refractivity contribution in [3.05, 3.63) is 58.1 Å². The number of hydrogen-bond acceptors (Lipinski definition) is 4. The van der Waals surface area contributed by atoms with Crippen molar-refractivity contribution in [1.82, 2.24) is 10.6 Å². The fourth-order valence-corrected chi connectivity index (χ4v) is 3.75. The van der Waals surface area contributed by atoms with Crippen molar-refractivity contribution in [2.45, 2.75) is 25.0 Å². The molecular formula is C19H23BrN2O2. The van der Waals surface area contributed by atoms with Crippen molar-refractivity contribution < 1.29 is 9.47 Å². The number of nitrogens with one attached hydrogen (secondary N) is 2. The van der Waals surface area contributed by atoms with Gasteiger partial charge in [0.25, 0.3) is 0 Å². The van der Waals surface area contributed by atoms with Crippen LogP contribution in [-0.4, -0.2) is 26.8 Å². The number of rotatable bonds is 6. The highest BCUT2D eigenvalue weighted by atomic mass is 79.9. The Kier molecular flexibility index (Phi) is 5.76. The van der Waals surface area contributed by atoms with Crippen molar-refractivity contribution in [2.75, 3.05) is 20.8 Å². The second kappa shape index (κ2) is 8.01. The SMILES string of the molecule is COc1ccc(Br)c(CN[C@H]2CCN[C@H]2c2ccccc2)c1OC. The summed E-state index contributed by atoms with van der Waals surface area (Å²) in [6.07, 6.45) is 1.10. The van der Waals surface area contributed by atoms with Crippen LogP contribution in [0, 0.1) is 0 Å². The minimum Gasteiger partial charge on any atom is -0.493 e. The quantitative estimate of drug-likeness (QED) is 0.789. The largest absolute Gasteiger partial charge is 0.493 e. The van der Waals surface area contributed by atoms with Gasteiger partial charge in [0.05, 0.1) is 14.2 Å². The molecule has 1 saturated heterocycles. The maximum absolute atomic E-state index is 5.56. The highest BCUT2D eigenvalue weighted by Crippen LogP contribution is 2.36. The Morgan fingerprint density at radius 2 is 1.92 bits per heavy atom. The molecule has 0 amide bonds. The van der Waals surface area contributed by atoms with Crippen LogP contribution in [0.1, 0.15) is 23.6 Å². The van der Waals surface area contributed by atoms with Crippen molar-refractivity contribution >= 4 is 15.9 Å². The molecule has 0 spiro atoms. The third kappa shape index (κ3) is 3.58. The zero-order chi connectivity index (χ0) is 16.9. The topological polar surface area (TPSA) is 42.5 Å². The highest BCUT2D eigenvalue weighted by Gasteiger charge is 2.28. The van der Waals surface area contributed by atoms with Crippen LogP contribution in [0.4, 0.5) is 0 Å². The Morgan fingerprint density at radius 3 is 2.62 bits per heavy atom. The van der Waals surface area contributed by atoms with Crippen molar-refractivity contribution in [2.24, 2.45) is 0 Å². The van der Waals surface area contributed by atoms with Crippen LogP contribution < -0.4 is 20.1 Å². The number of halogens is 1. The Labute approximate surface area is 151 Å². The summed E-state index contributed by atoms with van der Waals surface area (Å²) in [6.45, 7) is 1.74. The minimum atomic E-state index is 0.335. The lowest BCUT2D eigenvalue weighted by atomic mass is 10.0. The van der Waals surface area contributed by atoms with Crippen molar-refractivity contribution in [1.29, 1.82) is 0 Å². The van der Waals surface area contributed by atoms with E-state index in [2.05, 4.69) is 56.9 Å². The zero-order valence-corrected chi connectivity index (χ0v) is 15.6. The zero-order valence-electron chi connectivity index (χ0n) is 14.0. The van der Waals surface area contributed by atoms with E-state index in [1.165, 1.54) is 5.56 Å². The molecule has 5 heteroatoms. The van der Waals surface area contributed by atoms with Crippen molar-refractivity contribution in [3.8, 4) is 11.5 Å². The Balaban J connectivity index is 1.76. The fourth-order valence-electron chi connectivity index (χ4n) is 3.30. The summed E-state index contributed by atoms with van der Waals surface area (Å²) in [5.41, 5.74) is 2.40. The molecule has 0 unspecified atom stereocenters. The first kappa shape index (κ1) is 17.3. The lowest BCUT2D eigenvalue weighted by Crippen LogP contribution is -2.34. The summed E-state index contributed by atoms with van der Waals surface area (Å²) in [4.78, 5) is 0. The molecule has 2 N–H and O–H groups in total. The first-order valence-corrected chi connectivity index (χ1v) is 8.95. The van der Waals surface area contributed by atoms with Crippen LogP contribution in [-0.2, 0) is 6.54 Å². The third-order valence-electron chi connectivity index (χ3n) is 4.51. The molecular weight excluding hydrogens is 368 g/mol. The van der Waals surface area contributed by atoms with E-state index >= 15 is 0 Å². The highest BCUT2D eigenvalue weighted by molar-refractivity contribution is 9.10. The van der Waals surface area contributed by atoms with Crippen LogP contribution in [0.15, 0.2) is 46.9 Å². The lowest BCUT2D eigenvalue weighted by molar-refractivity contribution is 0.348. The third-order valence-corrected chi connectivity index (χ3v) is 5.26. The van der Waals surface area contributed by atoms with E-state index in [1.807, 2.05) is 12.1 Å². The molecule has 1 aliphatic rings. The molecule has 0 aromatic heterocycles. The normalized spacial score (nSPS) is 20.1. The number of methoxy groups -OCH3 is 2. The standard InChI is InChI=1S/C19H23BrN2O2/c1-23-17-9-8-15(20)14(19(17)24-2)12-22-16-10-11-21-18(16)13-6-4-3-5-7-13/h3-9,16,18,21-22H,10-12H2,1-2H3/t16-,18-/m0/s1. The van der Waals surface area contributed by atoms with Gasteiger partial charge in [0.2, 0.25) is 0 Å². The van der Waals surface area contributed by atoms with E-state index < -0.39 is 0 Å². The smallest absolute Gasteiger partial charge is 0.166 e. The summed E-state index contributed by atoms with van der Waals surface area (Å²) in [6, 6.07) is 15.2. The number of hydrogen-bond donors (Lipinski definition) is 2. The molecule has 1 heterocycles. The monoisotopic (exact) mass is 390 g/mol. The summed E-state index contributed by atoms with van der Waals surface area (Å²) >= 11 is 3.63. The summed E-state index contributed by atoms with van der Waals surface area (Å²) in [7, 11) is 3.34. The van der Waals surface area contributed by atoms with E-state index in [0.29, 0.717) is 12.1 Å². The molecule has 2 aromatic carbocycles. The summed E-state index contributed by atoms with van der Waals surface area (Å²) < 4.78 is 12.0. The van der Waals surface area contributed by atoms with Crippen LogP contribution in [0.2, 0.25) is 0 Å². The predicted molar refractivity (Wildman–Crippen MR) is 99.7 cm³/mol. The second-order valence-electron chi connectivity index (χ2n) is 5.88. The van der Waals surface area contributed by atoms with Gasteiger partial charge in [-0.3, -0.25) is 0 Å². The molecule has 3 rings (SSSR count). The average Bonchev–Trinajstić information content (AvgIpc) is 3.09. The Hall–Kier alpha value is -1.56. The van der Waals surface area contributed by atoms with E-state index in [1.54, 1.807) is 14.2 Å². The number of ether oxygens (including phenoxy) is 2. The molecule has 1 fully saturated rings. The van der Waals surface area contributed by atoms with Crippen LogP contribution in [0.3, 0.4) is 0 Å². The lowest BCUT2D eigenvalue weighted by Gasteiger charge is -2.23. The molecule has 24 heavy (non-hydrogen) atoms. The van der Waals surface area contributed by atoms with Gasteiger partial charge in [-0.25, -0.2) is 0 Å². The molecule has 2 aromatic rings. The molecule has 128 valence electrons. The molecule has 1 aliphatic heterocycles. The van der Waals surface area contributed by atoms with Gasteiger partial charge in [0, 0.05) is 28.7 Å². The van der Waals surface area contributed by atoms with Gasteiger partial charge in [0.15, 0.2) is 11.5 Å². The van der Waals surface area contributed by atoms with Crippen molar-refractivity contribution in [3.63, 3.8) is 0 Å². The average molecular weight is 391 g/mol. The van der Waals surface area contributed by atoms with Crippen LogP contribution >= 0.6 is 15.9 Å². The van der Waals surface area contributed by atoms with Gasteiger partial charge in [-0.05, 0) is 30.7 Å². The van der Waals surface area contributed by atoms with Gasteiger partial charge in [-0.1, -0.05) is 46.3 Å². The Bertz CT molecular complexity index is 679. The van der Waals surface area contributed by atoms with E-state index in [-0.39, 0.29) is 0 Å². The van der Waals surface area contributed by atoms with Crippen LogP contribution in [0.5, 0.6) is 11.5 Å². The van der Waals surface area contributed by atoms with Gasteiger partial charge in [-0.2, -0.15) is 0 Å². The maximum Gasteiger partial charge on any atom is 0.166 e. The molecule has 0 radical (unpaired) electrons. The minimum absolute atomic E-state index is 0.335. The summed E-state index contributed by atoms with van der Waals surface area (Å²) in [5, 5.41) is 7.28. The first-order valence-electron chi connectivity index (χ1n) is 8.15. The van der Waals surface area contributed by atoms with Crippen LogP contribution in [0.25, 0.3) is 0 Å². The maximum atomic E-state index is 5.56. The van der Waals surface area contributed by atoms with Gasteiger partial charge >= 0.3 is 0 Å². The molecule has 4 nitrogen and oxygen atoms in total. The molecule has 0 aliphatic carbocycles. The number of benzene rings is 2. The van der Waals surface area contributed by atoms with Gasteiger partial charge in [0.1, 0.15) is 0 Å². The van der Waals surface area contributed by atoms with E-state index in [4.69, 9.17) is 9.47 Å². The molecule has 0 bridgehead atoms. The Morgan fingerprint density at radius 1 is 1.12 bits per heavy atom. The predicted octanol–water partition coefficient (Wildman–Crippen LogP) is 3.66. The van der Waals surface area contributed by atoms with E-state index in [0.717, 1.165) is 41.0 Å². The second-order valence-corrected chi connectivity index (χ2v) is 6.73. The molecule has 2 atom stereocenters. The van der Waals surface area contributed by atoms with Gasteiger partial charge < -0.3 is 20.1 Å². The molecule has 0 saturated carbocycles. The summed E-state index contributed by atoms with van der Waals surface area (Å²) in [5.74, 6) is 1.53. The fraction of sp³-hybridized carbons (Fsp3) is 0.368.